The Kier molecular flexibility index (Phi) is 5.80. The highest BCUT2D eigenvalue weighted by Crippen LogP contribution is 2.32. The van der Waals surface area contributed by atoms with Gasteiger partial charge in [-0.2, -0.15) is 5.10 Å². The molecule has 0 fully saturated rings. The van der Waals surface area contributed by atoms with Crippen molar-refractivity contribution in [2.24, 2.45) is 7.05 Å². The van der Waals surface area contributed by atoms with Gasteiger partial charge in [-0.3, -0.25) is 14.3 Å². The number of carbonyl (C=O) groups is 1. The molecule has 9 heteroatoms. The predicted octanol–water partition coefficient (Wildman–Crippen LogP) is 5.60. The Hall–Kier alpha value is -5.18. The second-order valence-electron chi connectivity index (χ2n) is 10.9. The SMILES string of the molecule is Cn1nc(-c2ccc(C(C)(C)C)cc2)cc1NC(=O)c1ccc2[nH]c(-c3nc4ccccc4[nH]c3=O)c(N)c2c1. The standard InChI is InChI=1S/C31H29N7O2/c1-31(2,3)19-12-9-17(10-13-19)24-16-25(38(4)37-24)36-29(39)18-11-14-21-20(15-18)26(32)27(33-21)28-30(40)35-23-8-6-5-7-22(23)34-28/h5-16,33H,32H2,1-4H3,(H,35,40)(H,36,39). The van der Waals surface area contributed by atoms with Crippen LogP contribution >= 0.6 is 0 Å². The van der Waals surface area contributed by atoms with Gasteiger partial charge in [-0.1, -0.05) is 57.2 Å². The normalized spacial score (nSPS) is 11.8. The fraction of sp³-hybridized carbons (Fsp3) is 0.161. The van der Waals surface area contributed by atoms with Crippen molar-refractivity contribution in [2.45, 2.75) is 26.2 Å². The minimum atomic E-state index is -0.352. The number of nitrogens with two attached hydrogens (primary N) is 1. The Labute approximate surface area is 230 Å². The number of benzene rings is 3. The number of aromatic amines is 2. The first kappa shape index (κ1) is 25.1. The molecule has 0 bridgehead atoms. The fourth-order valence-electron chi connectivity index (χ4n) is 4.79. The fourth-order valence-corrected chi connectivity index (χ4v) is 4.79. The molecule has 3 aromatic heterocycles. The Morgan fingerprint density at radius 1 is 0.950 bits per heavy atom. The van der Waals surface area contributed by atoms with E-state index in [9.17, 15) is 9.59 Å². The van der Waals surface area contributed by atoms with Gasteiger partial charge in [0.2, 0.25) is 0 Å². The van der Waals surface area contributed by atoms with Gasteiger partial charge in [0.25, 0.3) is 11.5 Å². The number of nitrogen functional groups attached to an aromatic ring is 1. The summed E-state index contributed by atoms with van der Waals surface area (Å²) >= 11 is 0. The lowest BCUT2D eigenvalue weighted by atomic mass is 9.86. The van der Waals surface area contributed by atoms with Gasteiger partial charge in [0.1, 0.15) is 5.82 Å². The van der Waals surface area contributed by atoms with Crippen molar-refractivity contribution >= 4 is 39.3 Å². The number of nitrogens with one attached hydrogen (secondary N) is 3. The maximum absolute atomic E-state index is 13.2. The number of hydrogen-bond donors (Lipinski definition) is 4. The van der Waals surface area contributed by atoms with E-state index in [1.807, 2.05) is 36.4 Å². The molecule has 0 radical (unpaired) electrons. The number of anilines is 2. The summed E-state index contributed by atoms with van der Waals surface area (Å²) < 4.78 is 1.64. The first-order valence-corrected chi connectivity index (χ1v) is 13.0. The van der Waals surface area contributed by atoms with Crippen LogP contribution in [0.4, 0.5) is 11.5 Å². The summed E-state index contributed by atoms with van der Waals surface area (Å²) in [6.07, 6.45) is 0. The number of fused-ring (bicyclic) bond motifs is 2. The molecule has 200 valence electrons. The van der Waals surface area contributed by atoms with Gasteiger partial charge in [-0.05, 0) is 41.3 Å². The van der Waals surface area contributed by atoms with Crippen LogP contribution in [0, 0.1) is 0 Å². The van der Waals surface area contributed by atoms with Crippen LogP contribution in [0.25, 0.3) is 44.6 Å². The zero-order valence-electron chi connectivity index (χ0n) is 22.7. The Bertz CT molecular complexity index is 1970. The average molecular weight is 532 g/mol. The third-order valence-electron chi connectivity index (χ3n) is 7.11. The van der Waals surface area contributed by atoms with Crippen LogP contribution in [0.3, 0.4) is 0 Å². The van der Waals surface area contributed by atoms with Gasteiger partial charge in [0.15, 0.2) is 5.69 Å². The van der Waals surface area contributed by atoms with E-state index >= 15 is 0 Å². The minimum Gasteiger partial charge on any atom is -0.396 e. The zero-order chi connectivity index (χ0) is 28.2. The van der Waals surface area contributed by atoms with Gasteiger partial charge in [-0.15, -0.1) is 0 Å². The van der Waals surface area contributed by atoms with Gasteiger partial charge >= 0.3 is 0 Å². The second-order valence-corrected chi connectivity index (χ2v) is 10.9. The van der Waals surface area contributed by atoms with E-state index in [0.717, 1.165) is 11.3 Å². The molecule has 0 aliphatic rings. The number of carbonyl (C=O) groups excluding carboxylic acids is 1. The smallest absolute Gasteiger partial charge is 0.276 e. The maximum Gasteiger partial charge on any atom is 0.276 e. The van der Waals surface area contributed by atoms with E-state index in [2.05, 4.69) is 58.3 Å². The predicted molar refractivity (Wildman–Crippen MR) is 159 cm³/mol. The van der Waals surface area contributed by atoms with Crippen molar-refractivity contribution in [2.75, 3.05) is 11.1 Å². The number of rotatable bonds is 4. The summed E-state index contributed by atoms with van der Waals surface area (Å²) in [5.41, 5.74) is 12.5. The molecule has 6 aromatic rings. The monoisotopic (exact) mass is 531 g/mol. The molecule has 40 heavy (non-hydrogen) atoms. The number of H-pyrrole nitrogens is 2. The van der Waals surface area contributed by atoms with E-state index in [1.54, 1.807) is 36.0 Å². The van der Waals surface area contributed by atoms with Crippen molar-refractivity contribution < 1.29 is 4.79 Å². The summed E-state index contributed by atoms with van der Waals surface area (Å²) in [5, 5.41) is 8.16. The molecular formula is C31H29N7O2. The lowest BCUT2D eigenvalue weighted by Gasteiger charge is -2.18. The molecule has 9 nitrogen and oxygen atoms in total. The van der Waals surface area contributed by atoms with Crippen LogP contribution in [0.2, 0.25) is 0 Å². The topological polar surface area (TPSA) is 134 Å². The zero-order valence-corrected chi connectivity index (χ0v) is 22.7. The highest BCUT2D eigenvalue weighted by atomic mass is 16.1. The molecule has 3 aromatic carbocycles. The van der Waals surface area contributed by atoms with E-state index in [4.69, 9.17) is 5.73 Å². The number of aromatic nitrogens is 5. The summed E-state index contributed by atoms with van der Waals surface area (Å²) in [6.45, 7) is 6.53. The lowest BCUT2D eigenvalue weighted by molar-refractivity contribution is 0.102. The largest absolute Gasteiger partial charge is 0.396 e. The molecule has 0 saturated heterocycles. The van der Waals surface area contributed by atoms with Crippen LogP contribution in [0.5, 0.6) is 0 Å². The highest BCUT2D eigenvalue weighted by Gasteiger charge is 2.19. The molecule has 6 rings (SSSR count). The molecule has 5 N–H and O–H groups in total. The summed E-state index contributed by atoms with van der Waals surface area (Å²) in [5.74, 6) is 0.262. The first-order chi connectivity index (χ1) is 19.1. The van der Waals surface area contributed by atoms with Crippen molar-refractivity contribution in [3.63, 3.8) is 0 Å². The second kappa shape index (κ2) is 9.23. The number of amides is 1. The van der Waals surface area contributed by atoms with Gasteiger partial charge in [-0.25, -0.2) is 4.98 Å². The lowest BCUT2D eigenvalue weighted by Crippen LogP contribution is -2.14. The van der Waals surface area contributed by atoms with Gasteiger partial charge in [0.05, 0.1) is 28.1 Å². The number of para-hydroxylation sites is 2. The van der Waals surface area contributed by atoms with Crippen LogP contribution in [0.1, 0.15) is 36.7 Å². The van der Waals surface area contributed by atoms with Crippen LogP contribution < -0.4 is 16.6 Å². The van der Waals surface area contributed by atoms with Crippen LogP contribution in [-0.2, 0) is 12.5 Å². The van der Waals surface area contributed by atoms with Crippen molar-refractivity contribution in [1.82, 2.24) is 24.7 Å². The highest BCUT2D eigenvalue weighted by molar-refractivity contribution is 6.09. The van der Waals surface area contributed by atoms with Crippen molar-refractivity contribution in [3.8, 4) is 22.6 Å². The summed E-state index contributed by atoms with van der Waals surface area (Å²) in [7, 11) is 1.79. The molecule has 0 saturated carbocycles. The van der Waals surface area contributed by atoms with Gasteiger partial charge in [0, 0.05) is 35.1 Å². The quantitative estimate of drug-likeness (QED) is 0.235. The first-order valence-electron chi connectivity index (χ1n) is 13.0. The number of aryl methyl sites for hydroxylation is 1. The van der Waals surface area contributed by atoms with Gasteiger partial charge < -0.3 is 21.0 Å². The van der Waals surface area contributed by atoms with E-state index in [0.29, 0.717) is 44.7 Å². The molecule has 0 aliphatic carbocycles. The Morgan fingerprint density at radius 2 is 1.70 bits per heavy atom. The molecule has 0 spiro atoms. The molecule has 0 unspecified atom stereocenters. The molecule has 0 aliphatic heterocycles. The Balaban J connectivity index is 1.28. The molecule has 1 amide bonds. The summed E-state index contributed by atoms with van der Waals surface area (Å²) in [6, 6.07) is 22.6. The van der Waals surface area contributed by atoms with E-state index in [-0.39, 0.29) is 22.6 Å². The van der Waals surface area contributed by atoms with Crippen molar-refractivity contribution in [1.29, 1.82) is 0 Å². The Morgan fingerprint density at radius 3 is 2.45 bits per heavy atom. The van der Waals surface area contributed by atoms with E-state index < -0.39 is 0 Å². The average Bonchev–Trinajstić information content (AvgIpc) is 3.46. The minimum absolute atomic E-state index is 0.0637. The van der Waals surface area contributed by atoms with Crippen LogP contribution in [-0.4, -0.2) is 30.6 Å². The molecule has 3 heterocycles. The maximum atomic E-state index is 13.2. The summed E-state index contributed by atoms with van der Waals surface area (Å²) in [4.78, 5) is 36.6. The number of nitrogens with zero attached hydrogens (tertiary/aromatic N) is 3. The van der Waals surface area contributed by atoms with Crippen molar-refractivity contribution in [3.05, 3.63) is 94.3 Å². The third kappa shape index (κ3) is 4.41. The number of hydrogen-bond acceptors (Lipinski definition) is 5. The molecule has 0 atom stereocenters. The third-order valence-corrected chi connectivity index (χ3v) is 7.11. The van der Waals surface area contributed by atoms with Crippen LogP contribution in [0.15, 0.2) is 77.6 Å². The van der Waals surface area contributed by atoms with E-state index in [1.165, 1.54) is 5.56 Å². The molecular weight excluding hydrogens is 502 g/mol.